The first-order chi connectivity index (χ1) is 11.2. The molecule has 0 aliphatic heterocycles. The molecular weight excluding hydrogens is 330 g/mol. The van der Waals surface area contributed by atoms with Crippen molar-refractivity contribution >= 4 is 23.5 Å². The summed E-state index contributed by atoms with van der Waals surface area (Å²) in [5.41, 5.74) is 0.687. The summed E-state index contributed by atoms with van der Waals surface area (Å²) in [7, 11) is 0. The third-order valence-electron chi connectivity index (χ3n) is 3.96. The molecule has 0 bridgehead atoms. The van der Waals surface area contributed by atoms with Crippen molar-refractivity contribution in [3.8, 4) is 0 Å². The predicted octanol–water partition coefficient (Wildman–Crippen LogP) is 3.22. The molecule has 1 aliphatic rings. The van der Waals surface area contributed by atoms with E-state index in [2.05, 4.69) is 5.32 Å². The van der Waals surface area contributed by atoms with Gasteiger partial charge in [-0.05, 0) is 50.8 Å². The van der Waals surface area contributed by atoms with Gasteiger partial charge in [-0.3, -0.25) is 4.79 Å². The van der Waals surface area contributed by atoms with E-state index in [4.69, 9.17) is 16.3 Å². The van der Waals surface area contributed by atoms with Gasteiger partial charge in [-0.1, -0.05) is 23.7 Å². The van der Waals surface area contributed by atoms with Crippen molar-refractivity contribution in [2.75, 3.05) is 6.61 Å². The lowest BCUT2D eigenvalue weighted by Crippen LogP contribution is -2.42. The second-order valence-corrected chi connectivity index (χ2v) is 7.59. The maximum atomic E-state index is 12.3. The molecule has 0 spiro atoms. The fourth-order valence-electron chi connectivity index (χ4n) is 2.61. The van der Waals surface area contributed by atoms with Gasteiger partial charge < -0.3 is 15.2 Å². The van der Waals surface area contributed by atoms with E-state index in [0.29, 0.717) is 5.02 Å². The number of carboxylic acids is 1. The molecular formula is C18H24ClNO4. The fraction of sp³-hybridized carbons (Fsp3) is 0.556. The van der Waals surface area contributed by atoms with Gasteiger partial charge in [0.05, 0.1) is 5.60 Å². The quantitative estimate of drug-likeness (QED) is 0.789. The summed E-state index contributed by atoms with van der Waals surface area (Å²) >= 11 is 5.97. The first-order valence-electron chi connectivity index (χ1n) is 8.10. The SMILES string of the molecule is CC(C)(C)OCCC(NC(=O)C1CC1c1cccc(Cl)c1)C(=O)O. The maximum absolute atomic E-state index is 12.3. The Kier molecular flexibility index (Phi) is 5.88. The van der Waals surface area contributed by atoms with E-state index in [0.717, 1.165) is 12.0 Å². The van der Waals surface area contributed by atoms with E-state index < -0.39 is 12.0 Å². The summed E-state index contributed by atoms with van der Waals surface area (Å²) in [4.78, 5) is 23.6. The molecule has 1 fully saturated rings. The normalized spacial score (nSPS) is 21.2. The van der Waals surface area contributed by atoms with Crippen molar-refractivity contribution in [1.82, 2.24) is 5.32 Å². The highest BCUT2D eigenvalue weighted by Gasteiger charge is 2.44. The summed E-state index contributed by atoms with van der Waals surface area (Å²) < 4.78 is 5.54. The van der Waals surface area contributed by atoms with Gasteiger partial charge in [0.25, 0.3) is 0 Å². The lowest BCUT2D eigenvalue weighted by Gasteiger charge is -2.21. The van der Waals surface area contributed by atoms with Crippen molar-refractivity contribution < 1.29 is 19.4 Å². The third kappa shape index (κ3) is 5.49. The number of ether oxygens (including phenoxy) is 1. The van der Waals surface area contributed by atoms with Gasteiger partial charge in [-0.25, -0.2) is 4.79 Å². The van der Waals surface area contributed by atoms with E-state index in [9.17, 15) is 14.7 Å². The molecule has 5 nitrogen and oxygen atoms in total. The van der Waals surface area contributed by atoms with Crippen LogP contribution >= 0.6 is 11.6 Å². The van der Waals surface area contributed by atoms with Crippen LogP contribution in [0.15, 0.2) is 24.3 Å². The Balaban J connectivity index is 1.87. The first-order valence-corrected chi connectivity index (χ1v) is 8.48. The highest BCUT2D eigenvalue weighted by Crippen LogP contribution is 2.48. The highest BCUT2D eigenvalue weighted by molar-refractivity contribution is 6.30. The minimum atomic E-state index is -1.04. The van der Waals surface area contributed by atoms with E-state index >= 15 is 0 Å². The summed E-state index contributed by atoms with van der Waals surface area (Å²) in [6.45, 7) is 5.99. The van der Waals surface area contributed by atoms with E-state index in [1.54, 1.807) is 6.07 Å². The van der Waals surface area contributed by atoms with Gasteiger partial charge in [0.15, 0.2) is 0 Å². The topological polar surface area (TPSA) is 75.6 Å². The number of nitrogens with one attached hydrogen (secondary N) is 1. The van der Waals surface area contributed by atoms with E-state index in [1.165, 1.54) is 0 Å². The predicted molar refractivity (Wildman–Crippen MR) is 92.2 cm³/mol. The highest BCUT2D eigenvalue weighted by atomic mass is 35.5. The van der Waals surface area contributed by atoms with Crippen molar-refractivity contribution in [3.63, 3.8) is 0 Å². The molecule has 2 N–H and O–H groups in total. The third-order valence-corrected chi connectivity index (χ3v) is 4.20. The van der Waals surface area contributed by atoms with Crippen molar-refractivity contribution in [2.45, 2.75) is 51.2 Å². The largest absolute Gasteiger partial charge is 0.480 e. The van der Waals surface area contributed by atoms with Crippen LogP contribution in [0.25, 0.3) is 0 Å². The molecule has 3 unspecified atom stereocenters. The van der Waals surface area contributed by atoms with Crippen LogP contribution in [0.4, 0.5) is 0 Å². The number of carbonyl (C=O) groups excluding carboxylic acids is 1. The lowest BCUT2D eigenvalue weighted by atomic mass is 10.1. The number of amides is 1. The number of carboxylic acid groups (broad SMARTS) is 1. The van der Waals surface area contributed by atoms with E-state index in [-0.39, 0.29) is 36.4 Å². The molecule has 3 atom stereocenters. The number of rotatable bonds is 7. The Morgan fingerprint density at radius 3 is 2.71 bits per heavy atom. The molecule has 24 heavy (non-hydrogen) atoms. The lowest BCUT2D eigenvalue weighted by molar-refractivity contribution is -0.143. The standard InChI is InChI=1S/C18H24ClNO4/c1-18(2,3)24-8-7-15(17(22)23)20-16(21)14-10-13(14)11-5-4-6-12(19)9-11/h4-6,9,13-15H,7-8,10H2,1-3H3,(H,20,21)(H,22,23). The zero-order valence-corrected chi connectivity index (χ0v) is 15.0. The number of hydrogen-bond donors (Lipinski definition) is 2. The smallest absolute Gasteiger partial charge is 0.326 e. The van der Waals surface area contributed by atoms with Crippen molar-refractivity contribution in [3.05, 3.63) is 34.9 Å². The molecule has 0 saturated heterocycles. The van der Waals surface area contributed by atoms with Gasteiger partial charge in [0.2, 0.25) is 5.91 Å². The average molecular weight is 354 g/mol. The Bertz CT molecular complexity index is 611. The summed E-state index contributed by atoms with van der Waals surface area (Å²) in [6.07, 6.45) is 0.962. The molecule has 1 aromatic carbocycles. The van der Waals surface area contributed by atoms with Gasteiger partial charge in [-0.15, -0.1) is 0 Å². The summed E-state index contributed by atoms with van der Waals surface area (Å²) in [5, 5.41) is 12.6. The average Bonchev–Trinajstić information content (AvgIpc) is 3.25. The van der Waals surface area contributed by atoms with Crippen LogP contribution in [0.5, 0.6) is 0 Å². The second-order valence-electron chi connectivity index (χ2n) is 7.15. The Labute approximate surface area is 147 Å². The number of aliphatic carboxylic acids is 1. The van der Waals surface area contributed by atoms with Crippen LogP contribution < -0.4 is 5.32 Å². The zero-order valence-electron chi connectivity index (χ0n) is 14.2. The van der Waals surface area contributed by atoms with Crippen LogP contribution in [-0.4, -0.2) is 35.2 Å². The molecule has 1 aliphatic carbocycles. The number of benzene rings is 1. The van der Waals surface area contributed by atoms with Gasteiger partial charge in [-0.2, -0.15) is 0 Å². The number of hydrogen-bond acceptors (Lipinski definition) is 3. The van der Waals surface area contributed by atoms with Crippen LogP contribution in [0.2, 0.25) is 5.02 Å². The van der Waals surface area contributed by atoms with Crippen molar-refractivity contribution in [1.29, 1.82) is 0 Å². The second kappa shape index (κ2) is 7.53. The molecule has 0 heterocycles. The maximum Gasteiger partial charge on any atom is 0.326 e. The fourth-order valence-corrected chi connectivity index (χ4v) is 2.81. The number of carbonyl (C=O) groups is 2. The Morgan fingerprint density at radius 2 is 2.12 bits per heavy atom. The molecule has 0 aromatic heterocycles. The summed E-state index contributed by atoms with van der Waals surface area (Å²) in [5.74, 6) is -1.33. The van der Waals surface area contributed by atoms with Crippen LogP contribution in [0.3, 0.4) is 0 Å². The van der Waals surface area contributed by atoms with Crippen LogP contribution in [-0.2, 0) is 14.3 Å². The minimum absolute atomic E-state index is 0.115. The molecule has 1 aromatic rings. The Morgan fingerprint density at radius 1 is 1.42 bits per heavy atom. The van der Waals surface area contributed by atoms with E-state index in [1.807, 2.05) is 39.0 Å². The minimum Gasteiger partial charge on any atom is -0.480 e. The van der Waals surface area contributed by atoms with Gasteiger partial charge in [0, 0.05) is 24.0 Å². The van der Waals surface area contributed by atoms with Gasteiger partial charge in [0.1, 0.15) is 6.04 Å². The monoisotopic (exact) mass is 353 g/mol. The Hall–Kier alpha value is -1.59. The molecule has 6 heteroatoms. The molecule has 1 saturated carbocycles. The van der Waals surface area contributed by atoms with Crippen LogP contribution in [0, 0.1) is 5.92 Å². The number of halogens is 1. The summed E-state index contributed by atoms with van der Waals surface area (Å²) in [6, 6.07) is 6.51. The molecule has 1 amide bonds. The van der Waals surface area contributed by atoms with Gasteiger partial charge >= 0.3 is 5.97 Å². The molecule has 0 radical (unpaired) electrons. The molecule has 2 rings (SSSR count). The molecule has 132 valence electrons. The first kappa shape index (κ1) is 18.7. The zero-order chi connectivity index (χ0) is 17.9. The van der Waals surface area contributed by atoms with Crippen LogP contribution in [0.1, 0.15) is 45.1 Å². The van der Waals surface area contributed by atoms with Crippen molar-refractivity contribution in [2.24, 2.45) is 5.92 Å².